The highest BCUT2D eigenvalue weighted by Gasteiger charge is 2.10. The molecule has 1 aromatic heterocycles. The molecule has 0 aliphatic carbocycles. The fourth-order valence-corrected chi connectivity index (χ4v) is 2.01. The maximum Gasteiger partial charge on any atom is 0.187 e. The van der Waals surface area contributed by atoms with Gasteiger partial charge in [-0.3, -0.25) is 0 Å². The Morgan fingerprint density at radius 3 is 2.67 bits per heavy atom. The van der Waals surface area contributed by atoms with Gasteiger partial charge in [0.2, 0.25) is 0 Å². The van der Waals surface area contributed by atoms with Gasteiger partial charge >= 0.3 is 0 Å². The van der Waals surface area contributed by atoms with E-state index in [0.717, 1.165) is 16.7 Å². The number of thiazole rings is 1. The van der Waals surface area contributed by atoms with Gasteiger partial charge in [-0.15, -0.1) is 0 Å². The van der Waals surface area contributed by atoms with Gasteiger partial charge in [0.05, 0.1) is 6.20 Å². The Morgan fingerprint density at radius 2 is 2.33 bits per heavy atom. The summed E-state index contributed by atoms with van der Waals surface area (Å²) in [6, 6.07) is 0.487. The number of hydrogen-bond donors (Lipinski definition) is 1. The van der Waals surface area contributed by atoms with E-state index in [0.29, 0.717) is 6.04 Å². The van der Waals surface area contributed by atoms with Crippen molar-refractivity contribution in [2.75, 3.05) is 17.2 Å². The molecule has 1 aromatic rings. The molecule has 4 heteroatoms. The van der Waals surface area contributed by atoms with Crippen LogP contribution in [0.5, 0.6) is 0 Å². The topological polar surface area (TPSA) is 42.2 Å². The maximum absolute atomic E-state index is 5.60. The molecule has 1 heterocycles. The number of hydrogen-bond acceptors (Lipinski definition) is 4. The van der Waals surface area contributed by atoms with Gasteiger partial charge in [0.25, 0.3) is 0 Å². The minimum absolute atomic E-state index is 0.487. The standard InChI is InChI=1S/C8H15N3S/c1-4-11(6(2)3)8-10-5-7(9)12-8/h5-6H,4,9H2,1-3H3. The Balaban J connectivity index is 2.80. The molecule has 0 saturated carbocycles. The van der Waals surface area contributed by atoms with Gasteiger partial charge in [0.1, 0.15) is 5.00 Å². The molecular formula is C8H15N3S. The second-order valence-corrected chi connectivity index (χ2v) is 3.97. The van der Waals surface area contributed by atoms with Gasteiger partial charge in [-0.25, -0.2) is 4.98 Å². The Morgan fingerprint density at radius 1 is 1.67 bits per heavy atom. The third-order valence-electron chi connectivity index (χ3n) is 1.72. The fourth-order valence-electron chi connectivity index (χ4n) is 1.13. The molecule has 3 nitrogen and oxygen atoms in total. The molecule has 0 radical (unpaired) electrons. The minimum Gasteiger partial charge on any atom is -0.389 e. The van der Waals surface area contributed by atoms with Crippen LogP contribution in [0.2, 0.25) is 0 Å². The number of aromatic nitrogens is 1. The molecule has 0 atom stereocenters. The molecule has 0 fully saturated rings. The molecule has 0 aromatic carbocycles. The molecular weight excluding hydrogens is 170 g/mol. The summed E-state index contributed by atoms with van der Waals surface area (Å²) >= 11 is 1.54. The van der Waals surface area contributed by atoms with Gasteiger partial charge < -0.3 is 10.6 Å². The van der Waals surface area contributed by atoms with E-state index in [-0.39, 0.29) is 0 Å². The SMILES string of the molecule is CCN(c1ncc(N)s1)C(C)C. The second-order valence-electron chi connectivity index (χ2n) is 2.92. The lowest BCUT2D eigenvalue weighted by Gasteiger charge is -2.23. The molecule has 68 valence electrons. The normalized spacial score (nSPS) is 10.7. The number of rotatable bonds is 3. The lowest BCUT2D eigenvalue weighted by molar-refractivity contribution is 0.701. The van der Waals surface area contributed by atoms with Crippen LogP contribution >= 0.6 is 11.3 Å². The lowest BCUT2D eigenvalue weighted by atomic mass is 10.3. The summed E-state index contributed by atoms with van der Waals surface area (Å²) in [4.78, 5) is 6.45. The van der Waals surface area contributed by atoms with Crippen molar-refractivity contribution in [3.05, 3.63) is 6.20 Å². The van der Waals surface area contributed by atoms with Crippen molar-refractivity contribution >= 4 is 21.5 Å². The largest absolute Gasteiger partial charge is 0.389 e. The van der Waals surface area contributed by atoms with Crippen molar-refractivity contribution in [2.24, 2.45) is 0 Å². The highest BCUT2D eigenvalue weighted by molar-refractivity contribution is 7.19. The average Bonchev–Trinajstić information content (AvgIpc) is 2.37. The number of nitrogens with two attached hydrogens (primary N) is 1. The summed E-state index contributed by atoms with van der Waals surface area (Å²) in [5.74, 6) is 0. The summed E-state index contributed by atoms with van der Waals surface area (Å²) < 4.78 is 0. The van der Waals surface area contributed by atoms with Gasteiger partial charge in [-0.2, -0.15) is 0 Å². The van der Waals surface area contributed by atoms with E-state index in [1.54, 1.807) is 17.5 Å². The zero-order valence-corrected chi connectivity index (χ0v) is 8.56. The van der Waals surface area contributed by atoms with Gasteiger partial charge in [-0.1, -0.05) is 11.3 Å². The Kier molecular flexibility index (Phi) is 2.92. The Hall–Kier alpha value is -0.770. The van der Waals surface area contributed by atoms with E-state index >= 15 is 0 Å². The Bertz CT molecular complexity index is 244. The molecule has 12 heavy (non-hydrogen) atoms. The van der Waals surface area contributed by atoms with Gasteiger partial charge in [-0.05, 0) is 20.8 Å². The van der Waals surface area contributed by atoms with Crippen LogP contribution in [0.1, 0.15) is 20.8 Å². The van der Waals surface area contributed by atoms with E-state index in [2.05, 4.69) is 30.7 Å². The number of anilines is 2. The van der Waals surface area contributed by atoms with Crippen molar-refractivity contribution in [2.45, 2.75) is 26.8 Å². The average molecular weight is 185 g/mol. The third kappa shape index (κ3) is 1.88. The van der Waals surface area contributed by atoms with Gasteiger partial charge in [0, 0.05) is 12.6 Å². The maximum atomic E-state index is 5.60. The predicted molar refractivity (Wildman–Crippen MR) is 54.7 cm³/mol. The van der Waals surface area contributed by atoms with Crippen LogP contribution in [-0.2, 0) is 0 Å². The zero-order valence-electron chi connectivity index (χ0n) is 7.74. The van der Waals surface area contributed by atoms with E-state index in [1.165, 1.54) is 0 Å². The molecule has 0 amide bonds. The van der Waals surface area contributed by atoms with Crippen LogP contribution in [-0.4, -0.2) is 17.6 Å². The quantitative estimate of drug-likeness (QED) is 0.782. The highest BCUT2D eigenvalue weighted by atomic mass is 32.1. The van der Waals surface area contributed by atoms with Crippen molar-refractivity contribution in [1.82, 2.24) is 4.98 Å². The van der Waals surface area contributed by atoms with Crippen LogP contribution in [0, 0.1) is 0 Å². The van der Waals surface area contributed by atoms with Crippen LogP contribution in [0.15, 0.2) is 6.20 Å². The van der Waals surface area contributed by atoms with E-state index < -0.39 is 0 Å². The second kappa shape index (κ2) is 3.76. The molecule has 0 spiro atoms. The Labute approximate surface area is 77.2 Å². The van der Waals surface area contributed by atoms with Crippen LogP contribution in [0.4, 0.5) is 10.1 Å². The molecule has 0 saturated heterocycles. The molecule has 2 N–H and O–H groups in total. The van der Waals surface area contributed by atoms with Crippen LogP contribution in [0.25, 0.3) is 0 Å². The molecule has 0 bridgehead atoms. The first-order valence-corrected chi connectivity index (χ1v) is 4.94. The number of nitrogens with zero attached hydrogens (tertiary/aromatic N) is 2. The van der Waals surface area contributed by atoms with Crippen molar-refractivity contribution < 1.29 is 0 Å². The first-order valence-electron chi connectivity index (χ1n) is 4.13. The monoisotopic (exact) mass is 185 g/mol. The molecule has 0 unspecified atom stereocenters. The fraction of sp³-hybridized carbons (Fsp3) is 0.625. The minimum atomic E-state index is 0.487. The predicted octanol–water partition coefficient (Wildman–Crippen LogP) is 1.96. The highest BCUT2D eigenvalue weighted by Crippen LogP contribution is 2.25. The lowest BCUT2D eigenvalue weighted by Crippen LogP contribution is -2.29. The van der Waals surface area contributed by atoms with E-state index in [1.807, 2.05) is 0 Å². The van der Waals surface area contributed by atoms with Crippen molar-refractivity contribution in [1.29, 1.82) is 0 Å². The first kappa shape index (κ1) is 9.32. The molecule has 0 aliphatic rings. The first-order chi connectivity index (χ1) is 5.65. The summed E-state index contributed by atoms with van der Waals surface area (Å²) in [7, 11) is 0. The summed E-state index contributed by atoms with van der Waals surface area (Å²) in [5, 5.41) is 1.80. The smallest absolute Gasteiger partial charge is 0.187 e. The van der Waals surface area contributed by atoms with Crippen molar-refractivity contribution in [3.8, 4) is 0 Å². The summed E-state index contributed by atoms with van der Waals surface area (Å²) in [6.45, 7) is 7.41. The van der Waals surface area contributed by atoms with Crippen molar-refractivity contribution in [3.63, 3.8) is 0 Å². The number of nitrogen functional groups attached to an aromatic ring is 1. The summed E-state index contributed by atoms with van der Waals surface area (Å²) in [6.07, 6.45) is 1.71. The third-order valence-corrected chi connectivity index (χ3v) is 2.58. The molecule has 1 rings (SSSR count). The van der Waals surface area contributed by atoms with E-state index in [4.69, 9.17) is 5.73 Å². The zero-order chi connectivity index (χ0) is 9.14. The summed E-state index contributed by atoms with van der Waals surface area (Å²) in [5.41, 5.74) is 5.60. The molecule has 0 aliphatic heterocycles. The van der Waals surface area contributed by atoms with Gasteiger partial charge in [0.15, 0.2) is 5.13 Å². The van der Waals surface area contributed by atoms with Crippen LogP contribution < -0.4 is 10.6 Å². The van der Waals surface area contributed by atoms with Crippen LogP contribution in [0.3, 0.4) is 0 Å². The van der Waals surface area contributed by atoms with E-state index in [9.17, 15) is 0 Å².